The van der Waals surface area contributed by atoms with E-state index in [0.29, 0.717) is 24.1 Å². The topological polar surface area (TPSA) is 192 Å². The highest BCUT2D eigenvalue weighted by Crippen LogP contribution is 2.65. The highest BCUT2D eigenvalue weighted by molar-refractivity contribution is 5.64. The summed E-state index contributed by atoms with van der Waals surface area (Å²) in [6, 6.07) is 5.72. The molecule has 14 heteroatoms. The second-order valence-corrected chi connectivity index (χ2v) is 10.1. The number of phenols is 1. The molecule has 2 N–H and O–H groups in total. The molecule has 2 aromatic carbocycles. The van der Waals surface area contributed by atoms with Crippen LogP contribution in [0.4, 0.5) is 17.1 Å². The van der Waals surface area contributed by atoms with E-state index >= 15 is 0 Å². The van der Waals surface area contributed by atoms with Crippen LogP contribution in [-0.2, 0) is 6.42 Å². The van der Waals surface area contributed by atoms with Gasteiger partial charge in [-0.1, -0.05) is 6.07 Å². The number of nitro benzene ring substituents is 3. The quantitative estimate of drug-likeness (QED) is 0.436. The fourth-order valence-electron chi connectivity index (χ4n) is 6.78. The van der Waals surface area contributed by atoms with E-state index in [1.807, 2.05) is 6.07 Å². The minimum absolute atomic E-state index is 0.0897. The van der Waals surface area contributed by atoms with Crippen molar-refractivity contribution in [3.8, 4) is 17.2 Å². The number of aliphatic hydroxyl groups is 1. The first-order chi connectivity index (χ1) is 18.0. The van der Waals surface area contributed by atoms with Gasteiger partial charge < -0.3 is 24.6 Å². The Morgan fingerprint density at radius 2 is 1.74 bits per heavy atom. The zero-order valence-electron chi connectivity index (χ0n) is 20.6. The fraction of sp³-hybridized carbons (Fsp3) is 0.500. The molecular weight excluding hydrogens is 504 g/mol. The lowest BCUT2D eigenvalue weighted by molar-refractivity contribution is -0.404. The fourth-order valence-corrected chi connectivity index (χ4v) is 6.78. The number of phenolic OH excluding ortho intramolecular Hbond substituents is 1. The predicted octanol–water partition coefficient (Wildman–Crippen LogP) is 3.06. The number of non-ortho nitro benzene ring substituents is 1. The third kappa shape index (κ3) is 3.70. The highest BCUT2D eigenvalue weighted by Gasteiger charge is 2.63. The number of methoxy groups -OCH3 is 1. The molecule has 1 saturated heterocycles. The zero-order valence-corrected chi connectivity index (χ0v) is 20.6. The van der Waals surface area contributed by atoms with Gasteiger partial charge in [-0.05, 0) is 56.3 Å². The van der Waals surface area contributed by atoms with E-state index in [9.17, 15) is 35.4 Å². The number of benzene rings is 2. The number of nitro groups is 3. The van der Waals surface area contributed by atoms with E-state index in [2.05, 4.69) is 18.0 Å². The minimum atomic E-state index is -1.21. The molecule has 5 unspecified atom stereocenters. The van der Waals surface area contributed by atoms with Crippen LogP contribution in [0.1, 0.15) is 36.3 Å². The minimum Gasteiger partial charge on any atom is -0.497 e. The van der Waals surface area contributed by atoms with Gasteiger partial charge >= 0.3 is 11.4 Å². The van der Waals surface area contributed by atoms with Crippen molar-refractivity contribution in [2.75, 3.05) is 20.7 Å². The zero-order chi connectivity index (χ0) is 27.5. The van der Waals surface area contributed by atoms with Crippen molar-refractivity contribution in [3.63, 3.8) is 0 Å². The number of aliphatic hydroxyl groups excluding tert-OH is 1. The van der Waals surface area contributed by atoms with Gasteiger partial charge in [0.15, 0.2) is 11.5 Å². The Morgan fingerprint density at radius 3 is 2.32 bits per heavy atom. The second kappa shape index (κ2) is 9.06. The third-order valence-corrected chi connectivity index (χ3v) is 8.47. The molecular formula is C24H26N4O10. The number of ether oxygens (including phenoxy) is 2. The van der Waals surface area contributed by atoms with Crippen LogP contribution in [0.15, 0.2) is 24.3 Å². The molecule has 0 amide bonds. The van der Waals surface area contributed by atoms with Crippen LogP contribution < -0.4 is 9.47 Å². The van der Waals surface area contributed by atoms with Crippen molar-refractivity contribution >= 4 is 17.1 Å². The van der Waals surface area contributed by atoms with Crippen molar-refractivity contribution in [3.05, 3.63) is 65.7 Å². The van der Waals surface area contributed by atoms with Crippen molar-refractivity contribution in [1.82, 2.24) is 4.90 Å². The molecule has 0 aromatic heterocycles. The summed E-state index contributed by atoms with van der Waals surface area (Å²) in [6.45, 7) is 1.16. The van der Waals surface area contributed by atoms with Gasteiger partial charge in [-0.3, -0.25) is 30.3 Å². The van der Waals surface area contributed by atoms with Crippen molar-refractivity contribution in [2.24, 2.45) is 5.41 Å². The van der Waals surface area contributed by atoms with Gasteiger partial charge in [0.1, 0.15) is 6.10 Å². The lowest BCUT2D eigenvalue weighted by atomic mass is 9.54. The van der Waals surface area contributed by atoms with Gasteiger partial charge in [0, 0.05) is 17.5 Å². The maximum absolute atomic E-state index is 10.6. The van der Waals surface area contributed by atoms with Crippen LogP contribution in [0.2, 0.25) is 0 Å². The summed E-state index contributed by atoms with van der Waals surface area (Å²) in [4.78, 5) is 30.3. The van der Waals surface area contributed by atoms with Crippen LogP contribution >= 0.6 is 0 Å². The molecule has 0 bridgehead atoms. The molecule has 6 rings (SSSR count). The molecule has 38 heavy (non-hydrogen) atoms. The average Bonchev–Trinajstić information content (AvgIpc) is 3.44. The first-order valence-electron chi connectivity index (χ1n) is 12.0. The molecule has 1 spiro atoms. The number of rotatable bonds is 4. The summed E-state index contributed by atoms with van der Waals surface area (Å²) in [6.07, 6.45) is 3.85. The van der Waals surface area contributed by atoms with Crippen LogP contribution in [0.25, 0.3) is 0 Å². The highest BCUT2D eigenvalue weighted by atomic mass is 16.6. The number of hydrogen-bond donors (Lipinski definition) is 2. The smallest absolute Gasteiger partial charge is 0.324 e. The number of likely N-dealkylation sites (N-methyl/N-ethyl adjacent to an activating group) is 1. The summed E-state index contributed by atoms with van der Waals surface area (Å²) < 4.78 is 11.8. The van der Waals surface area contributed by atoms with E-state index in [0.717, 1.165) is 37.3 Å². The lowest BCUT2D eigenvalue weighted by Gasteiger charge is -2.51. The van der Waals surface area contributed by atoms with Crippen molar-refractivity contribution in [1.29, 1.82) is 0 Å². The molecule has 1 saturated carbocycles. The Hall–Kier alpha value is -4.04. The van der Waals surface area contributed by atoms with Gasteiger partial charge in [-0.2, -0.15) is 0 Å². The molecule has 2 aliphatic carbocycles. The van der Waals surface area contributed by atoms with Crippen molar-refractivity contribution in [2.45, 2.75) is 49.9 Å². The monoisotopic (exact) mass is 530 g/mol. The first kappa shape index (κ1) is 25.6. The van der Waals surface area contributed by atoms with E-state index < -0.39 is 37.6 Å². The normalized spacial score (nSPS) is 28.3. The maximum atomic E-state index is 10.6. The van der Waals surface area contributed by atoms with Gasteiger partial charge in [0.2, 0.25) is 0 Å². The molecule has 4 aliphatic rings. The van der Waals surface area contributed by atoms with Gasteiger partial charge in [0.25, 0.3) is 11.4 Å². The van der Waals surface area contributed by atoms with Crippen LogP contribution in [0, 0.1) is 35.8 Å². The number of hydrogen-bond acceptors (Lipinski definition) is 11. The Morgan fingerprint density at radius 1 is 1.08 bits per heavy atom. The summed E-state index contributed by atoms with van der Waals surface area (Å²) in [7, 11) is 3.95. The molecule has 2 fully saturated rings. The first-order valence-corrected chi connectivity index (χ1v) is 12.0. The van der Waals surface area contributed by atoms with E-state index in [1.165, 1.54) is 17.5 Å². The summed E-state index contributed by atoms with van der Waals surface area (Å²) in [5, 5.41) is 50.8. The third-order valence-electron chi connectivity index (χ3n) is 8.47. The maximum Gasteiger partial charge on any atom is 0.324 e. The number of aromatic hydroxyl groups is 1. The van der Waals surface area contributed by atoms with E-state index in [-0.39, 0.29) is 17.6 Å². The molecule has 2 aliphatic heterocycles. The summed E-state index contributed by atoms with van der Waals surface area (Å²) in [5.74, 6) is 0.851. The molecule has 0 radical (unpaired) electrons. The van der Waals surface area contributed by atoms with Crippen molar-refractivity contribution < 1.29 is 34.5 Å². The molecule has 5 atom stereocenters. The van der Waals surface area contributed by atoms with E-state index in [1.54, 1.807) is 7.11 Å². The Kier molecular flexibility index (Phi) is 6.10. The Labute approximate surface area is 215 Å². The number of likely N-dealkylation sites (tertiary alicyclic amines) is 1. The standard InChI is InChI=1S/C18H23NO3.C6H3N3O7/c1-19-8-7-18-6-5-11(20)16-15(18)14-10(9-13(18)19)3-4-12(21-2)17(14)22-16;10-6-4(8(13)14)1-3(7(11)12)2-5(6)9(15)16/h3-4,11,13,15-16,20H,5-9H2,1-2H3;1-2,10H. The van der Waals surface area contributed by atoms with Gasteiger partial charge in [0.05, 0.1) is 40.1 Å². The predicted molar refractivity (Wildman–Crippen MR) is 131 cm³/mol. The molecule has 2 aromatic rings. The van der Waals surface area contributed by atoms with Gasteiger partial charge in [-0.25, -0.2) is 0 Å². The van der Waals surface area contributed by atoms with Crippen LogP contribution in [0.5, 0.6) is 17.2 Å². The van der Waals surface area contributed by atoms with Crippen LogP contribution in [0.3, 0.4) is 0 Å². The second-order valence-electron chi connectivity index (χ2n) is 10.1. The lowest BCUT2D eigenvalue weighted by Crippen LogP contribution is -2.55. The SMILES string of the molecule is COc1ccc2c3c1OC1C(O)CCC4(CCN(C)C4C2)C31.O=[N+]([O-])c1cc([N+](=O)[O-])c(O)c([N+](=O)[O-])c1. The Bertz CT molecular complexity index is 1310. The molecule has 14 nitrogen and oxygen atoms in total. The Balaban J connectivity index is 0.000000165. The molecule has 2 heterocycles. The largest absolute Gasteiger partial charge is 0.497 e. The van der Waals surface area contributed by atoms with Gasteiger partial charge in [-0.15, -0.1) is 0 Å². The van der Waals surface area contributed by atoms with Crippen LogP contribution in [-0.4, -0.2) is 68.8 Å². The van der Waals surface area contributed by atoms with E-state index in [4.69, 9.17) is 14.6 Å². The summed E-state index contributed by atoms with van der Waals surface area (Å²) >= 11 is 0. The average molecular weight is 530 g/mol. The summed E-state index contributed by atoms with van der Waals surface area (Å²) in [5.41, 5.74) is 0.0166. The number of nitrogens with zero attached hydrogens (tertiary/aromatic N) is 4. The molecule has 202 valence electrons.